The first kappa shape index (κ1) is 17.2. The van der Waals surface area contributed by atoms with E-state index in [1.165, 1.54) is 17.4 Å². The van der Waals surface area contributed by atoms with Crippen LogP contribution in [-0.4, -0.2) is 31.1 Å². The Labute approximate surface area is 133 Å². The Kier molecular flexibility index (Phi) is 6.54. The zero-order chi connectivity index (χ0) is 14.5. The van der Waals surface area contributed by atoms with Crippen molar-refractivity contribution in [2.24, 2.45) is 0 Å². The molecule has 0 spiro atoms. The van der Waals surface area contributed by atoms with Gasteiger partial charge in [-0.2, -0.15) is 0 Å². The Morgan fingerprint density at radius 3 is 2.32 bits per heavy atom. The van der Waals surface area contributed by atoms with Gasteiger partial charge in [0.25, 0.3) is 0 Å². The first-order valence-corrected chi connectivity index (χ1v) is 10.5. The van der Waals surface area contributed by atoms with Crippen molar-refractivity contribution in [3.05, 3.63) is 35.4 Å². The second-order valence-corrected chi connectivity index (χ2v) is 8.53. The number of sulfone groups is 1. The summed E-state index contributed by atoms with van der Waals surface area (Å²) in [5, 5.41) is 1.64. The van der Waals surface area contributed by atoms with Crippen molar-refractivity contribution >= 4 is 41.7 Å². The van der Waals surface area contributed by atoms with E-state index in [-0.39, 0.29) is 11.2 Å². The van der Waals surface area contributed by atoms with Crippen LogP contribution in [0.15, 0.2) is 24.3 Å². The molecule has 0 amide bonds. The standard InChI is InChI=1S/C14H20Br2O2S/c1-12-5-3-6-13(9-12)14(10-15,11-16)7-4-8-19(2,17)18/h3,5-6,9H,4,7-8,10-11H2,1-2H3. The fourth-order valence-electron chi connectivity index (χ4n) is 2.12. The van der Waals surface area contributed by atoms with Crippen LogP contribution in [-0.2, 0) is 15.3 Å². The van der Waals surface area contributed by atoms with Gasteiger partial charge < -0.3 is 0 Å². The highest BCUT2D eigenvalue weighted by Gasteiger charge is 2.30. The van der Waals surface area contributed by atoms with Crippen LogP contribution in [0.4, 0.5) is 0 Å². The summed E-state index contributed by atoms with van der Waals surface area (Å²) in [6.45, 7) is 2.08. The second-order valence-electron chi connectivity index (χ2n) is 5.15. The minimum Gasteiger partial charge on any atom is -0.229 e. The minimum atomic E-state index is -2.88. The Morgan fingerprint density at radius 1 is 1.21 bits per heavy atom. The number of aryl methyl sites for hydroxylation is 1. The lowest BCUT2D eigenvalue weighted by molar-refractivity contribution is 0.495. The largest absolute Gasteiger partial charge is 0.229 e. The molecule has 0 unspecified atom stereocenters. The van der Waals surface area contributed by atoms with Gasteiger partial charge in [0.05, 0.1) is 0 Å². The van der Waals surface area contributed by atoms with Gasteiger partial charge in [-0.1, -0.05) is 61.7 Å². The van der Waals surface area contributed by atoms with E-state index in [1.807, 2.05) is 0 Å². The van der Waals surface area contributed by atoms with E-state index in [1.54, 1.807) is 0 Å². The Bertz CT molecular complexity index is 508. The molecule has 1 rings (SSSR count). The van der Waals surface area contributed by atoms with Crippen LogP contribution in [0.25, 0.3) is 0 Å². The maximum Gasteiger partial charge on any atom is 0.147 e. The molecule has 0 atom stereocenters. The molecule has 0 aromatic heterocycles. The third-order valence-corrected chi connectivity index (χ3v) is 6.49. The van der Waals surface area contributed by atoms with Gasteiger partial charge in [-0.05, 0) is 25.3 Å². The molecule has 1 aromatic rings. The van der Waals surface area contributed by atoms with Crippen molar-refractivity contribution < 1.29 is 8.42 Å². The SMILES string of the molecule is Cc1cccc(C(CBr)(CBr)CCCS(C)(=O)=O)c1. The smallest absolute Gasteiger partial charge is 0.147 e. The van der Waals surface area contributed by atoms with Crippen LogP contribution >= 0.6 is 31.9 Å². The lowest BCUT2D eigenvalue weighted by atomic mass is 9.80. The summed E-state index contributed by atoms with van der Waals surface area (Å²) in [7, 11) is -2.88. The lowest BCUT2D eigenvalue weighted by Gasteiger charge is -2.31. The highest BCUT2D eigenvalue weighted by Crippen LogP contribution is 2.34. The van der Waals surface area contributed by atoms with E-state index in [4.69, 9.17) is 0 Å². The Hall–Kier alpha value is 0.130. The quantitative estimate of drug-likeness (QED) is 0.638. The molecule has 0 N–H and O–H groups in total. The van der Waals surface area contributed by atoms with Crippen LogP contribution in [0.3, 0.4) is 0 Å². The molecule has 108 valence electrons. The predicted molar refractivity (Wildman–Crippen MR) is 89.4 cm³/mol. The molecule has 0 fully saturated rings. The zero-order valence-electron chi connectivity index (χ0n) is 11.3. The number of hydrogen-bond acceptors (Lipinski definition) is 2. The van der Waals surface area contributed by atoms with Gasteiger partial charge in [0.1, 0.15) is 9.84 Å². The van der Waals surface area contributed by atoms with Gasteiger partial charge in [0.2, 0.25) is 0 Å². The molecule has 0 saturated carbocycles. The van der Waals surface area contributed by atoms with E-state index < -0.39 is 9.84 Å². The summed E-state index contributed by atoms with van der Waals surface area (Å²) in [6, 6.07) is 8.44. The Morgan fingerprint density at radius 2 is 1.84 bits per heavy atom. The highest BCUT2D eigenvalue weighted by atomic mass is 79.9. The molecule has 2 nitrogen and oxygen atoms in total. The third kappa shape index (κ3) is 5.20. The maximum atomic E-state index is 11.3. The van der Waals surface area contributed by atoms with Crippen LogP contribution in [0.1, 0.15) is 24.0 Å². The molecule has 0 aliphatic carbocycles. The number of hydrogen-bond donors (Lipinski definition) is 0. The molecule has 0 saturated heterocycles. The van der Waals surface area contributed by atoms with E-state index in [0.29, 0.717) is 6.42 Å². The monoisotopic (exact) mass is 410 g/mol. The maximum absolute atomic E-state index is 11.3. The van der Waals surface area contributed by atoms with E-state index in [9.17, 15) is 8.42 Å². The summed E-state index contributed by atoms with van der Waals surface area (Å²) in [5.74, 6) is 0.251. The fourth-order valence-corrected chi connectivity index (χ4v) is 4.92. The van der Waals surface area contributed by atoms with Gasteiger partial charge in [-0.15, -0.1) is 0 Å². The van der Waals surface area contributed by atoms with E-state index in [0.717, 1.165) is 17.1 Å². The third-order valence-electron chi connectivity index (χ3n) is 3.31. The van der Waals surface area contributed by atoms with Gasteiger partial charge in [-0.25, -0.2) is 8.42 Å². The molecule has 1 aromatic carbocycles. The summed E-state index contributed by atoms with van der Waals surface area (Å²) < 4.78 is 22.5. The van der Waals surface area contributed by atoms with Crippen molar-refractivity contribution in [3.63, 3.8) is 0 Å². The van der Waals surface area contributed by atoms with E-state index in [2.05, 4.69) is 63.0 Å². The molecule has 0 heterocycles. The Balaban J connectivity index is 2.91. The fraction of sp³-hybridized carbons (Fsp3) is 0.571. The first-order valence-electron chi connectivity index (χ1n) is 6.20. The normalized spacial score (nSPS) is 12.6. The molecule has 0 radical (unpaired) electrons. The summed E-state index contributed by atoms with van der Waals surface area (Å²) in [5.41, 5.74) is 2.44. The minimum absolute atomic E-state index is 0.0449. The van der Waals surface area contributed by atoms with Crippen molar-refractivity contribution in [3.8, 4) is 0 Å². The molecule has 5 heteroatoms. The van der Waals surface area contributed by atoms with Crippen molar-refractivity contribution in [2.75, 3.05) is 22.7 Å². The first-order chi connectivity index (χ1) is 8.83. The number of benzene rings is 1. The summed E-state index contributed by atoms with van der Waals surface area (Å²) in [6.07, 6.45) is 2.83. The predicted octanol–water partition coefficient (Wildman–Crippen LogP) is 3.85. The average molecular weight is 412 g/mol. The van der Waals surface area contributed by atoms with Crippen LogP contribution in [0.5, 0.6) is 0 Å². The number of halogens is 2. The van der Waals surface area contributed by atoms with Crippen molar-refractivity contribution in [1.29, 1.82) is 0 Å². The molecular formula is C14H20Br2O2S. The number of alkyl halides is 2. The van der Waals surface area contributed by atoms with Gasteiger partial charge in [-0.3, -0.25) is 0 Å². The topological polar surface area (TPSA) is 34.1 Å². The van der Waals surface area contributed by atoms with Crippen LogP contribution < -0.4 is 0 Å². The lowest BCUT2D eigenvalue weighted by Crippen LogP contribution is -2.31. The molecule has 19 heavy (non-hydrogen) atoms. The van der Waals surface area contributed by atoms with Crippen LogP contribution in [0.2, 0.25) is 0 Å². The molecular weight excluding hydrogens is 392 g/mol. The number of rotatable bonds is 7. The van der Waals surface area contributed by atoms with E-state index >= 15 is 0 Å². The van der Waals surface area contributed by atoms with Gasteiger partial charge in [0, 0.05) is 28.1 Å². The summed E-state index contributed by atoms with van der Waals surface area (Å²) >= 11 is 7.19. The van der Waals surface area contributed by atoms with Crippen molar-refractivity contribution in [1.82, 2.24) is 0 Å². The highest BCUT2D eigenvalue weighted by molar-refractivity contribution is 9.09. The van der Waals surface area contributed by atoms with Crippen molar-refractivity contribution in [2.45, 2.75) is 25.2 Å². The second kappa shape index (κ2) is 7.23. The molecule has 0 bridgehead atoms. The van der Waals surface area contributed by atoms with Gasteiger partial charge >= 0.3 is 0 Å². The van der Waals surface area contributed by atoms with Gasteiger partial charge in [0.15, 0.2) is 0 Å². The molecule has 0 aliphatic rings. The average Bonchev–Trinajstić information content (AvgIpc) is 2.34. The molecule has 0 aliphatic heterocycles. The summed E-state index contributed by atoms with van der Waals surface area (Å²) in [4.78, 5) is 0. The zero-order valence-corrected chi connectivity index (χ0v) is 15.3. The van der Waals surface area contributed by atoms with Crippen LogP contribution in [0, 0.1) is 6.92 Å².